The minimum atomic E-state index is -3.66. The predicted molar refractivity (Wildman–Crippen MR) is 283 cm³/mol. The average molecular weight is 1090 g/mol. The van der Waals surface area contributed by atoms with Gasteiger partial charge in [0.15, 0.2) is 29.4 Å². The minimum absolute atomic E-state index is 0.0228. The Bertz CT molecular complexity index is 2920. The fraction of sp³-hybridized carbons (Fsp3) is 0.490. The van der Waals surface area contributed by atoms with E-state index in [9.17, 15) is 14.4 Å². The number of aryl methyl sites for hydroxylation is 1. The van der Waals surface area contributed by atoms with Crippen molar-refractivity contribution in [3.63, 3.8) is 0 Å². The molecule has 3 N–H and O–H groups in total. The molecule has 75 heavy (non-hydrogen) atoms. The molecular formula is C49H62N12O11P2S. The van der Waals surface area contributed by atoms with Gasteiger partial charge in [0.05, 0.1) is 12.4 Å². The second-order valence-electron chi connectivity index (χ2n) is 17.8. The number of rotatable bonds is 25. The summed E-state index contributed by atoms with van der Waals surface area (Å²) >= 11 is 6.29. The van der Waals surface area contributed by atoms with Gasteiger partial charge in [-0.25, -0.2) is 42.6 Å². The third-order valence-corrected chi connectivity index (χ3v) is 16.9. The number of aromatic nitrogens is 6. The van der Waals surface area contributed by atoms with Crippen LogP contribution in [0.1, 0.15) is 79.8 Å². The summed E-state index contributed by atoms with van der Waals surface area (Å²) in [5, 5.41) is 8.91. The van der Waals surface area contributed by atoms with Crippen molar-refractivity contribution >= 4 is 61.6 Å². The van der Waals surface area contributed by atoms with E-state index in [0.29, 0.717) is 34.3 Å². The molecule has 5 aromatic rings. The van der Waals surface area contributed by atoms with Crippen molar-refractivity contribution in [2.24, 2.45) is 0 Å². The number of methoxy groups -OCH3 is 2. The number of imidazole rings is 1. The summed E-state index contributed by atoms with van der Waals surface area (Å²) < 4.78 is 57.3. The number of amides is 2. The lowest BCUT2D eigenvalue weighted by molar-refractivity contribution is -0.0529. The van der Waals surface area contributed by atoms with E-state index in [0.717, 1.165) is 0 Å². The van der Waals surface area contributed by atoms with E-state index in [4.69, 9.17) is 62.0 Å². The van der Waals surface area contributed by atoms with Crippen molar-refractivity contribution in [2.75, 3.05) is 57.7 Å². The number of anilines is 2. The molecule has 5 heterocycles. The van der Waals surface area contributed by atoms with E-state index in [1.807, 2.05) is 40.7 Å². The zero-order valence-corrected chi connectivity index (χ0v) is 45.4. The van der Waals surface area contributed by atoms with Crippen molar-refractivity contribution in [3.8, 4) is 0 Å². The van der Waals surface area contributed by atoms with Crippen molar-refractivity contribution in [3.05, 3.63) is 130 Å². The number of carbonyl (C=O) groups excluding carboxylic acids is 2. The van der Waals surface area contributed by atoms with Crippen molar-refractivity contribution in [2.45, 2.75) is 109 Å². The fourth-order valence-electron chi connectivity index (χ4n) is 8.73. The lowest BCUT2D eigenvalue weighted by Crippen LogP contribution is -2.43. The van der Waals surface area contributed by atoms with Crippen LogP contribution in [0.25, 0.3) is 20.9 Å². The second-order valence-corrected chi connectivity index (χ2v) is 22.5. The van der Waals surface area contributed by atoms with Crippen LogP contribution in [0.15, 0.2) is 84.3 Å². The topological polar surface area (TPSA) is 235 Å². The highest BCUT2D eigenvalue weighted by Gasteiger charge is 2.52. The molecule has 0 radical (unpaired) electrons. The van der Waals surface area contributed by atoms with Crippen LogP contribution in [-0.2, 0) is 48.8 Å². The van der Waals surface area contributed by atoms with Crippen LogP contribution in [0.2, 0.25) is 0 Å². The molecule has 10 atom stereocenters. The van der Waals surface area contributed by atoms with E-state index in [1.165, 1.54) is 37.6 Å². The Balaban J connectivity index is 1.19. The Hall–Kier alpha value is -5.53. The lowest BCUT2D eigenvalue weighted by Gasteiger charge is -2.38. The van der Waals surface area contributed by atoms with E-state index < -0.39 is 75.8 Å². The third-order valence-electron chi connectivity index (χ3n) is 12.2. The lowest BCUT2D eigenvalue weighted by atomic mass is 10.1. The zero-order chi connectivity index (χ0) is 53.8. The third kappa shape index (κ3) is 13.5. The zero-order valence-electron chi connectivity index (χ0n) is 42.8. The molecule has 0 aliphatic carbocycles. The van der Waals surface area contributed by atoms with E-state index in [-0.39, 0.29) is 62.5 Å². The molecule has 2 fully saturated rings. The number of fused-ring (bicyclic) bond motifs is 1. The molecule has 2 aromatic carbocycles. The van der Waals surface area contributed by atoms with Gasteiger partial charge in [-0.1, -0.05) is 43.3 Å². The van der Waals surface area contributed by atoms with Gasteiger partial charge in [0.25, 0.3) is 27.0 Å². The highest BCUT2D eigenvalue weighted by Crippen LogP contribution is 2.53. The van der Waals surface area contributed by atoms with Gasteiger partial charge in [0.1, 0.15) is 55.9 Å². The highest BCUT2D eigenvalue weighted by atomic mass is 32.5. The number of benzene rings is 2. The minimum Gasteiger partial charge on any atom is -0.374 e. The number of nitrogens with zero attached hydrogens (tertiary/aromatic N) is 9. The Morgan fingerprint density at radius 2 is 1.41 bits per heavy atom. The summed E-state index contributed by atoms with van der Waals surface area (Å²) in [5.74, 6) is -0.541. The van der Waals surface area contributed by atoms with E-state index >= 15 is 0 Å². The number of hydrogen-bond donors (Lipinski definition) is 3. The first kappa shape index (κ1) is 57.2. The normalized spacial score (nSPS) is 22.8. The molecule has 0 saturated carbocycles. The van der Waals surface area contributed by atoms with Gasteiger partial charge in [0, 0.05) is 55.7 Å². The van der Waals surface area contributed by atoms with E-state index in [1.54, 1.807) is 66.1 Å². The summed E-state index contributed by atoms with van der Waals surface area (Å²) in [5.41, 5.74) is 1.23. The molecule has 0 spiro atoms. The first-order valence-corrected chi connectivity index (χ1v) is 28.0. The van der Waals surface area contributed by atoms with E-state index in [2.05, 4.69) is 50.0 Å². The van der Waals surface area contributed by atoms with Gasteiger partial charge >= 0.3 is 5.69 Å². The first-order chi connectivity index (χ1) is 36.1. The molecule has 400 valence electrons. The van der Waals surface area contributed by atoms with Crippen LogP contribution in [-0.4, -0.2) is 141 Å². The standard InChI is InChI=1S/C49H62N12O11P2S/c1-11-35-39(41(66-10)48(69-35)60-29-54-37-43(52-28-53-44(37)60)57-46(63)34-20-16-13-17-21-34)72-74(75,68-25-23-51-8)55-26-36-38(71-73(67-24-22-50-7)61(30(2)3)31(4)5)40(65-9)47(70-36)59-27-32(6)42(58-49(59)64)56-45(62)33-18-14-12-15-19-33/h12-21,27-31,35-36,38-41,47-48H,11,22-26H2,1-6,9-10H3,(H,55,75)(H,52,53,57,63)(H,56,58,62,64)/t35-,36-,38-,39-,40-,41-,47-,48-,73?,74?/m1/s1. The largest absolute Gasteiger partial charge is 0.374 e. The summed E-state index contributed by atoms with van der Waals surface area (Å²) in [6, 6.07) is 17.2. The molecule has 3 aromatic heterocycles. The molecule has 0 bridgehead atoms. The van der Waals surface area contributed by atoms with Crippen LogP contribution < -0.4 is 21.4 Å². The molecule has 7 rings (SSSR count). The second kappa shape index (κ2) is 26.5. The number of nitrogens with one attached hydrogen (secondary N) is 3. The monoisotopic (exact) mass is 1090 g/mol. The van der Waals surface area contributed by atoms with Gasteiger partial charge in [0.2, 0.25) is 13.1 Å². The molecule has 2 amide bonds. The van der Waals surface area contributed by atoms with Crippen molar-refractivity contribution in [1.29, 1.82) is 0 Å². The molecule has 2 unspecified atom stereocenters. The maximum atomic E-state index is 14.1. The smallest absolute Gasteiger partial charge is 0.351 e. The fourth-order valence-corrected chi connectivity index (χ4v) is 12.8. The van der Waals surface area contributed by atoms with Crippen LogP contribution >= 0.6 is 15.2 Å². The molecule has 2 saturated heterocycles. The quantitative estimate of drug-likeness (QED) is 0.0305. The summed E-state index contributed by atoms with van der Waals surface area (Å²) in [6.07, 6.45) is -2.31. The molecular weight excluding hydrogens is 1030 g/mol. The highest BCUT2D eigenvalue weighted by molar-refractivity contribution is 8.09. The summed E-state index contributed by atoms with van der Waals surface area (Å²) in [7, 11) is 1.11. The SMILES string of the molecule is [C-]#[N+]CCOP(O[C@H]1[C@@H](OC)[C@H](n2cc(C)c(NC(=O)c3ccccc3)nc2=O)O[C@@H]1CNP(=S)(OCC[N+]#[C-])O[C@H]1[C@@H](OC)[C@H](n2cnc3c(NC(=O)c4ccccc4)ncnc32)O[C@@H]1CC)N(C(C)C)C(C)C. The van der Waals surface area contributed by atoms with Gasteiger partial charge in [-0.05, 0) is 77.1 Å². The number of hydrogen-bond acceptors (Lipinski definition) is 17. The Morgan fingerprint density at radius 3 is 2.01 bits per heavy atom. The summed E-state index contributed by atoms with van der Waals surface area (Å²) in [6.45, 7) is 23.0. The first-order valence-electron chi connectivity index (χ1n) is 24.2. The van der Waals surface area contributed by atoms with Crippen LogP contribution in [0.5, 0.6) is 0 Å². The Kier molecular flexibility index (Phi) is 20.2. The Labute approximate surface area is 441 Å². The van der Waals surface area contributed by atoms with Gasteiger partial charge < -0.3 is 57.4 Å². The molecule has 2 aliphatic heterocycles. The van der Waals surface area contributed by atoms with Crippen molar-refractivity contribution in [1.82, 2.24) is 38.8 Å². The molecule has 26 heteroatoms. The predicted octanol–water partition coefficient (Wildman–Crippen LogP) is 6.93. The molecule has 23 nitrogen and oxygen atoms in total. The van der Waals surface area contributed by atoms with Gasteiger partial charge in [-0.15, -0.1) is 0 Å². The van der Waals surface area contributed by atoms with Crippen molar-refractivity contribution < 1.29 is 46.6 Å². The number of ether oxygens (including phenoxy) is 4. The maximum Gasteiger partial charge on any atom is 0.351 e. The van der Waals surface area contributed by atoms with Gasteiger partial charge in [-0.2, -0.15) is 4.98 Å². The van der Waals surface area contributed by atoms with Gasteiger partial charge in [-0.3, -0.25) is 18.7 Å². The summed E-state index contributed by atoms with van der Waals surface area (Å²) in [4.78, 5) is 64.9. The maximum absolute atomic E-state index is 14.1. The van der Waals surface area contributed by atoms with Crippen LogP contribution in [0.3, 0.4) is 0 Å². The number of carbonyl (C=O) groups is 2. The van der Waals surface area contributed by atoms with Crippen LogP contribution in [0.4, 0.5) is 11.6 Å². The Morgan fingerprint density at radius 1 is 0.827 bits per heavy atom. The van der Waals surface area contributed by atoms with Crippen LogP contribution in [0, 0.1) is 20.1 Å². The molecule has 2 aliphatic rings. The average Bonchev–Trinajstić information content (AvgIpc) is 4.10.